The molecule has 0 aliphatic carbocycles. The molecule has 0 heterocycles. The predicted molar refractivity (Wildman–Crippen MR) is 83.3 cm³/mol. The fraction of sp³-hybridized carbons (Fsp3) is 0.0667. The van der Waals surface area contributed by atoms with E-state index < -0.39 is 0 Å². The maximum Gasteiger partial charge on any atom is 0.221 e. The molecule has 0 aliphatic rings. The lowest BCUT2D eigenvalue weighted by Crippen LogP contribution is -2.07. The molecule has 3 nitrogen and oxygen atoms in total. The number of amides is 1. The van der Waals surface area contributed by atoms with Crippen LogP contribution in [0.4, 0.5) is 10.1 Å². The Hall–Kier alpha value is -1.76. The lowest BCUT2D eigenvalue weighted by Gasteiger charge is -2.06. The van der Waals surface area contributed by atoms with Crippen LogP contribution in [0, 0.1) is 9.39 Å². The van der Waals surface area contributed by atoms with Crippen LogP contribution in [0.5, 0.6) is 0 Å². The van der Waals surface area contributed by atoms with Gasteiger partial charge in [-0.15, -0.1) is 0 Å². The van der Waals surface area contributed by atoms with E-state index in [2.05, 4.69) is 5.32 Å². The summed E-state index contributed by atoms with van der Waals surface area (Å²) in [5.41, 5.74) is 1.57. The molecular formula is C15H11FINO2. The van der Waals surface area contributed by atoms with E-state index in [1.165, 1.54) is 25.1 Å². The monoisotopic (exact) mass is 383 g/mol. The van der Waals surface area contributed by atoms with Gasteiger partial charge in [0.1, 0.15) is 5.82 Å². The first-order chi connectivity index (χ1) is 9.47. The van der Waals surface area contributed by atoms with Gasteiger partial charge in [-0.05, 0) is 65.1 Å². The summed E-state index contributed by atoms with van der Waals surface area (Å²) in [6.07, 6.45) is 0. The van der Waals surface area contributed by atoms with Crippen molar-refractivity contribution in [3.05, 3.63) is 63.0 Å². The molecule has 5 heteroatoms. The van der Waals surface area contributed by atoms with Crippen molar-refractivity contribution in [2.24, 2.45) is 0 Å². The van der Waals surface area contributed by atoms with Crippen molar-refractivity contribution in [1.82, 2.24) is 0 Å². The van der Waals surface area contributed by atoms with Gasteiger partial charge in [0.25, 0.3) is 0 Å². The molecule has 0 bridgehead atoms. The van der Waals surface area contributed by atoms with E-state index in [0.717, 1.165) is 0 Å². The van der Waals surface area contributed by atoms with E-state index in [9.17, 15) is 14.0 Å². The average Bonchev–Trinajstić information content (AvgIpc) is 2.38. The zero-order chi connectivity index (χ0) is 14.7. The zero-order valence-electron chi connectivity index (χ0n) is 10.6. The molecule has 0 radical (unpaired) electrons. The van der Waals surface area contributed by atoms with Gasteiger partial charge in [0.15, 0.2) is 5.78 Å². The number of hydrogen-bond acceptors (Lipinski definition) is 2. The summed E-state index contributed by atoms with van der Waals surface area (Å²) < 4.78 is 13.6. The van der Waals surface area contributed by atoms with Crippen molar-refractivity contribution in [3.8, 4) is 0 Å². The normalized spacial score (nSPS) is 10.2. The Morgan fingerprint density at radius 1 is 1.10 bits per heavy atom. The quantitative estimate of drug-likeness (QED) is 0.650. The van der Waals surface area contributed by atoms with Crippen LogP contribution in [0.1, 0.15) is 22.8 Å². The molecule has 20 heavy (non-hydrogen) atoms. The van der Waals surface area contributed by atoms with Gasteiger partial charge >= 0.3 is 0 Å². The first kappa shape index (κ1) is 14.6. The Morgan fingerprint density at radius 2 is 1.75 bits per heavy atom. The average molecular weight is 383 g/mol. The zero-order valence-corrected chi connectivity index (χ0v) is 12.8. The molecule has 0 saturated heterocycles. The number of rotatable bonds is 3. The summed E-state index contributed by atoms with van der Waals surface area (Å²) >= 11 is 1.93. The third-order valence-electron chi connectivity index (χ3n) is 2.64. The highest BCUT2D eigenvalue weighted by molar-refractivity contribution is 14.1. The van der Waals surface area contributed by atoms with E-state index >= 15 is 0 Å². The minimum absolute atomic E-state index is 0.169. The number of halogens is 2. The summed E-state index contributed by atoms with van der Waals surface area (Å²) in [4.78, 5) is 23.2. The van der Waals surface area contributed by atoms with Gasteiger partial charge in [-0.1, -0.05) is 0 Å². The second-order valence-electron chi connectivity index (χ2n) is 4.21. The molecule has 2 rings (SSSR count). The molecule has 1 N–H and O–H groups in total. The molecule has 2 aromatic carbocycles. The molecule has 102 valence electrons. The molecule has 1 amide bonds. The second-order valence-corrected chi connectivity index (χ2v) is 5.37. The first-order valence-electron chi connectivity index (χ1n) is 5.85. The van der Waals surface area contributed by atoms with E-state index in [1.54, 1.807) is 24.3 Å². The summed E-state index contributed by atoms with van der Waals surface area (Å²) in [5.74, 6) is -0.715. The molecular weight excluding hydrogens is 372 g/mol. The van der Waals surface area contributed by atoms with Crippen molar-refractivity contribution in [3.63, 3.8) is 0 Å². The van der Waals surface area contributed by atoms with Gasteiger partial charge in [-0.2, -0.15) is 0 Å². The lowest BCUT2D eigenvalue weighted by molar-refractivity contribution is -0.114. The Morgan fingerprint density at radius 3 is 2.30 bits per heavy atom. The Labute approximate surface area is 129 Å². The molecule has 0 aromatic heterocycles. The minimum atomic E-state index is -0.369. The summed E-state index contributed by atoms with van der Waals surface area (Å²) in [6, 6.07) is 10.6. The van der Waals surface area contributed by atoms with Gasteiger partial charge in [-0.3, -0.25) is 9.59 Å². The largest absolute Gasteiger partial charge is 0.326 e. The maximum atomic E-state index is 13.0. The molecule has 0 unspecified atom stereocenters. The Balaban J connectivity index is 2.27. The molecule has 0 fully saturated rings. The number of carbonyl (C=O) groups excluding carboxylic acids is 2. The number of carbonyl (C=O) groups is 2. The summed E-state index contributed by atoms with van der Waals surface area (Å²) in [7, 11) is 0. The number of nitrogens with one attached hydrogen (secondary N) is 1. The highest BCUT2D eigenvalue weighted by atomic mass is 127. The van der Waals surface area contributed by atoms with Gasteiger partial charge in [0, 0.05) is 27.3 Å². The number of hydrogen-bond donors (Lipinski definition) is 1. The third kappa shape index (κ3) is 3.41. The molecule has 0 atom stereocenters. The van der Waals surface area contributed by atoms with Gasteiger partial charge < -0.3 is 5.32 Å². The first-order valence-corrected chi connectivity index (χ1v) is 6.92. The molecule has 0 saturated carbocycles. The van der Waals surface area contributed by atoms with E-state index in [-0.39, 0.29) is 17.5 Å². The van der Waals surface area contributed by atoms with Crippen molar-refractivity contribution >= 4 is 40.0 Å². The summed E-state index contributed by atoms with van der Waals surface area (Å²) in [5, 5.41) is 2.63. The smallest absolute Gasteiger partial charge is 0.221 e. The standard InChI is InChI=1S/C15H11FINO2/c1-9(19)18-12-5-2-10(3-6-12)15(20)13-7-4-11(16)8-14(13)17/h2-8H,1H3,(H,18,19). The van der Waals surface area contributed by atoms with Gasteiger partial charge in [0.05, 0.1) is 0 Å². The number of benzene rings is 2. The topological polar surface area (TPSA) is 46.2 Å². The van der Waals surface area contributed by atoms with Crippen LogP contribution in [0.25, 0.3) is 0 Å². The highest BCUT2D eigenvalue weighted by Crippen LogP contribution is 2.19. The fourth-order valence-corrected chi connectivity index (χ4v) is 2.46. The van der Waals surface area contributed by atoms with Crippen LogP contribution >= 0.6 is 22.6 Å². The van der Waals surface area contributed by atoms with Crippen LogP contribution in [0.3, 0.4) is 0 Å². The lowest BCUT2D eigenvalue weighted by atomic mass is 10.0. The third-order valence-corrected chi connectivity index (χ3v) is 3.54. The van der Waals surface area contributed by atoms with Crippen LogP contribution in [-0.2, 0) is 4.79 Å². The van der Waals surface area contributed by atoms with Crippen LogP contribution < -0.4 is 5.32 Å². The van der Waals surface area contributed by atoms with Gasteiger partial charge in [-0.25, -0.2) is 4.39 Å². The van der Waals surface area contributed by atoms with E-state index in [0.29, 0.717) is 20.4 Å². The van der Waals surface area contributed by atoms with Gasteiger partial charge in [0.2, 0.25) is 5.91 Å². The van der Waals surface area contributed by atoms with Crippen molar-refractivity contribution in [2.75, 3.05) is 5.32 Å². The number of anilines is 1. The summed E-state index contributed by atoms with van der Waals surface area (Å²) in [6.45, 7) is 1.42. The fourth-order valence-electron chi connectivity index (χ4n) is 1.74. The van der Waals surface area contributed by atoms with E-state index in [4.69, 9.17) is 0 Å². The molecule has 2 aromatic rings. The Kier molecular flexibility index (Phi) is 4.49. The SMILES string of the molecule is CC(=O)Nc1ccc(C(=O)c2ccc(F)cc2I)cc1. The second kappa shape index (κ2) is 6.13. The van der Waals surface area contributed by atoms with Crippen LogP contribution in [0.2, 0.25) is 0 Å². The minimum Gasteiger partial charge on any atom is -0.326 e. The molecule has 0 aliphatic heterocycles. The highest BCUT2D eigenvalue weighted by Gasteiger charge is 2.13. The number of ketones is 1. The van der Waals surface area contributed by atoms with Crippen molar-refractivity contribution < 1.29 is 14.0 Å². The van der Waals surface area contributed by atoms with Crippen molar-refractivity contribution in [1.29, 1.82) is 0 Å². The Bertz CT molecular complexity index is 668. The predicted octanol–water partition coefficient (Wildman–Crippen LogP) is 3.62. The maximum absolute atomic E-state index is 13.0. The van der Waals surface area contributed by atoms with Crippen molar-refractivity contribution in [2.45, 2.75) is 6.92 Å². The molecule has 0 spiro atoms. The van der Waals surface area contributed by atoms with Crippen LogP contribution in [0.15, 0.2) is 42.5 Å². The van der Waals surface area contributed by atoms with E-state index in [1.807, 2.05) is 22.6 Å². The van der Waals surface area contributed by atoms with Crippen LogP contribution in [-0.4, -0.2) is 11.7 Å².